The molecule has 1 aromatic rings. The molecule has 6 heteroatoms. The van der Waals surface area contributed by atoms with Crippen molar-refractivity contribution < 1.29 is 4.74 Å². The summed E-state index contributed by atoms with van der Waals surface area (Å²) in [5.41, 5.74) is 2.36. The van der Waals surface area contributed by atoms with E-state index in [0.29, 0.717) is 6.54 Å². The summed E-state index contributed by atoms with van der Waals surface area (Å²) in [5, 5.41) is 6.65. The van der Waals surface area contributed by atoms with Gasteiger partial charge in [0.15, 0.2) is 5.96 Å². The molecule has 0 saturated carbocycles. The van der Waals surface area contributed by atoms with Gasteiger partial charge in [0.1, 0.15) is 5.75 Å². The summed E-state index contributed by atoms with van der Waals surface area (Å²) in [4.78, 5) is 4.24. The summed E-state index contributed by atoms with van der Waals surface area (Å²) in [7, 11) is 1.79. The number of halogens is 1. The van der Waals surface area contributed by atoms with E-state index in [1.165, 1.54) is 5.56 Å². The Morgan fingerprint density at radius 1 is 1.35 bits per heavy atom. The lowest BCUT2D eigenvalue weighted by Crippen LogP contribution is -2.38. The van der Waals surface area contributed by atoms with E-state index in [2.05, 4.69) is 60.9 Å². The highest BCUT2D eigenvalue weighted by atomic mass is 127. The van der Waals surface area contributed by atoms with Gasteiger partial charge in [0.05, 0.1) is 6.10 Å². The van der Waals surface area contributed by atoms with Crippen LogP contribution in [-0.2, 0) is 6.54 Å². The minimum atomic E-state index is 0. The fourth-order valence-electron chi connectivity index (χ4n) is 1.89. The Hall–Kier alpha value is -0.630. The van der Waals surface area contributed by atoms with Crippen molar-refractivity contribution in [1.82, 2.24) is 10.6 Å². The third kappa shape index (κ3) is 8.69. The van der Waals surface area contributed by atoms with Crippen LogP contribution < -0.4 is 15.4 Å². The second-order valence-electron chi connectivity index (χ2n) is 5.29. The van der Waals surface area contributed by atoms with Gasteiger partial charge in [-0.25, -0.2) is 0 Å². The maximum absolute atomic E-state index is 6.04. The van der Waals surface area contributed by atoms with Crippen LogP contribution in [0.2, 0.25) is 0 Å². The monoisotopic (exact) mass is 451 g/mol. The van der Waals surface area contributed by atoms with Gasteiger partial charge in [-0.2, -0.15) is 11.8 Å². The molecule has 4 nitrogen and oxygen atoms in total. The highest BCUT2D eigenvalue weighted by molar-refractivity contribution is 14.0. The molecule has 0 amide bonds. The number of nitrogens with one attached hydrogen (secondary N) is 2. The number of hydrogen-bond donors (Lipinski definition) is 2. The molecule has 0 heterocycles. The minimum absolute atomic E-state index is 0. The lowest BCUT2D eigenvalue weighted by atomic mass is 10.1. The summed E-state index contributed by atoms with van der Waals surface area (Å²) < 4.78 is 6.04. The van der Waals surface area contributed by atoms with E-state index in [-0.39, 0.29) is 30.1 Å². The van der Waals surface area contributed by atoms with E-state index < -0.39 is 0 Å². The van der Waals surface area contributed by atoms with E-state index >= 15 is 0 Å². The highest BCUT2D eigenvalue weighted by Gasteiger charge is 2.08. The summed E-state index contributed by atoms with van der Waals surface area (Å²) in [5.74, 6) is 2.85. The first-order valence-corrected chi connectivity index (χ1v) is 9.19. The van der Waals surface area contributed by atoms with Crippen molar-refractivity contribution >= 4 is 41.7 Å². The zero-order valence-electron chi connectivity index (χ0n) is 14.8. The molecular formula is C17H30IN3OS. The number of guanidine groups is 1. The molecule has 1 rings (SSSR count). The van der Waals surface area contributed by atoms with Gasteiger partial charge in [-0.1, -0.05) is 19.1 Å². The Morgan fingerprint density at radius 2 is 2.09 bits per heavy atom. The summed E-state index contributed by atoms with van der Waals surface area (Å²) in [6, 6.07) is 6.34. The van der Waals surface area contributed by atoms with Gasteiger partial charge in [0.25, 0.3) is 0 Å². The number of aliphatic imine (C=N–C) groups is 1. The third-order valence-corrected chi connectivity index (χ3v) is 4.01. The molecule has 0 saturated heterocycles. The molecule has 2 N–H and O–H groups in total. The Morgan fingerprint density at radius 3 is 2.70 bits per heavy atom. The zero-order valence-corrected chi connectivity index (χ0v) is 18.0. The molecule has 1 aromatic carbocycles. The highest BCUT2D eigenvalue weighted by Crippen LogP contribution is 2.22. The largest absolute Gasteiger partial charge is 0.490 e. The first-order chi connectivity index (χ1) is 10.6. The molecule has 0 bridgehead atoms. The predicted octanol–water partition coefficient (Wildman–Crippen LogP) is 3.82. The molecule has 23 heavy (non-hydrogen) atoms. The number of benzene rings is 1. The molecule has 0 aliphatic heterocycles. The summed E-state index contributed by atoms with van der Waals surface area (Å²) in [6.45, 7) is 7.93. The van der Waals surface area contributed by atoms with Gasteiger partial charge >= 0.3 is 0 Å². The van der Waals surface area contributed by atoms with Crippen LogP contribution in [0.5, 0.6) is 5.75 Å². The van der Waals surface area contributed by atoms with Gasteiger partial charge < -0.3 is 15.4 Å². The van der Waals surface area contributed by atoms with Gasteiger partial charge in [-0.3, -0.25) is 4.99 Å². The quantitative estimate of drug-likeness (QED) is 0.273. The smallest absolute Gasteiger partial charge is 0.191 e. The van der Waals surface area contributed by atoms with Crippen molar-refractivity contribution in [2.75, 3.05) is 25.6 Å². The fourth-order valence-corrected chi connectivity index (χ4v) is 2.19. The van der Waals surface area contributed by atoms with Gasteiger partial charge in [-0.15, -0.1) is 24.0 Å². The maximum Gasteiger partial charge on any atom is 0.191 e. The molecule has 1 unspecified atom stereocenters. The van der Waals surface area contributed by atoms with Crippen LogP contribution in [0.25, 0.3) is 0 Å². The van der Waals surface area contributed by atoms with E-state index in [1.807, 2.05) is 11.8 Å². The molecule has 0 aliphatic rings. The van der Waals surface area contributed by atoms with Crippen molar-refractivity contribution in [3.05, 3.63) is 29.3 Å². The number of rotatable bonds is 8. The van der Waals surface area contributed by atoms with Crippen molar-refractivity contribution in [3.8, 4) is 5.75 Å². The molecule has 0 radical (unpaired) electrons. The normalized spacial score (nSPS) is 12.3. The average molecular weight is 451 g/mol. The number of nitrogens with zero attached hydrogens (tertiary/aromatic N) is 1. The average Bonchev–Trinajstić information content (AvgIpc) is 2.52. The third-order valence-electron chi connectivity index (χ3n) is 3.39. The zero-order chi connectivity index (χ0) is 16.4. The van der Waals surface area contributed by atoms with Crippen molar-refractivity contribution in [3.63, 3.8) is 0 Å². The second kappa shape index (κ2) is 12.8. The summed E-state index contributed by atoms with van der Waals surface area (Å²) >= 11 is 1.82. The molecule has 1 atom stereocenters. The van der Waals surface area contributed by atoms with Crippen LogP contribution in [0.1, 0.15) is 31.4 Å². The maximum atomic E-state index is 6.04. The predicted molar refractivity (Wildman–Crippen MR) is 114 cm³/mol. The van der Waals surface area contributed by atoms with Gasteiger partial charge in [0.2, 0.25) is 0 Å². The van der Waals surface area contributed by atoms with Crippen molar-refractivity contribution in [1.29, 1.82) is 0 Å². The summed E-state index contributed by atoms with van der Waals surface area (Å²) in [6.07, 6.45) is 3.32. The van der Waals surface area contributed by atoms with E-state index in [9.17, 15) is 0 Å². The first-order valence-electron chi connectivity index (χ1n) is 7.80. The number of hydrogen-bond acceptors (Lipinski definition) is 3. The standard InChI is InChI=1S/C17H29N3OS.HI/c1-6-14(3)21-16-11-13(2)7-8-15(16)12-20-17(18-4)19-9-10-22-5;/h7-8,11,14H,6,9-10,12H2,1-5H3,(H2,18,19,20);1H. The van der Waals surface area contributed by atoms with E-state index in [0.717, 1.165) is 36.0 Å². The molecule has 0 spiro atoms. The van der Waals surface area contributed by atoms with Crippen LogP contribution in [0.15, 0.2) is 23.2 Å². The van der Waals surface area contributed by atoms with Gasteiger partial charge in [-0.05, 0) is 38.2 Å². The van der Waals surface area contributed by atoms with Crippen LogP contribution >= 0.6 is 35.7 Å². The number of aryl methyl sites for hydroxylation is 1. The Labute approximate surface area is 162 Å². The molecule has 0 fully saturated rings. The van der Waals surface area contributed by atoms with E-state index in [1.54, 1.807) is 7.05 Å². The topological polar surface area (TPSA) is 45.6 Å². The Balaban J connectivity index is 0.00000484. The Kier molecular flexibility index (Phi) is 12.4. The van der Waals surface area contributed by atoms with Crippen LogP contribution in [0.4, 0.5) is 0 Å². The van der Waals surface area contributed by atoms with Gasteiger partial charge in [0, 0.05) is 31.5 Å². The molecule has 0 aromatic heterocycles. The minimum Gasteiger partial charge on any atom is -0.490 e. The van der Waals surface area contributed by atoms with Crippen LogP contribution in [-0.4, -0.2) is 37.7 Å². The Bertz CT molecular complexity index is 483. The fraction of sp³-hybridized carbons (Fsp3) is 0.588. The van der Waals surface area contributed by atoms with Crippen LogP contribution in [0.3, 0.4) is 0 Å². The van der Waals surface area contributed by atoms with Crippen molar-refractivity contribution in [2.45, 2.75) is 39.8 Å². The molecular weight excluding hydrogens is 421 g/mol. The lowest BCUT2D eigenvalue weighted by molar-refractivity contribution is 0.215. The number of thioether (sulfide) groups is 1. The molecule has 0 aliphatic carbocycles. The van der Waals surface area contributed by atoms with Crippen LogP contribution in [0, 0.1) is 6.92 Å². The second-order valence-corrected chi connectivity index (χ2v) is 6.28. The number of ether oxygens (including phenoxy) is 1. The van der Waals surface area contributed by atoms with E-state index in [4.69, 9.17) is 4.74 Å². The van der Waals surface area contributed by atoms with Crippen molar-refractivity contribution in [2.24, 2.45) is 4.99 Å². The lowest BCUT2D eigenvalue weighted by Gasteiger charge is -2.18. The molecule has 132 valence electrons. The SMILES string of the molecule is CCC(C)Oc1cc(C)ccc1CNC(=NC)NCCSC.I. The first kappa shape index (κ1) is 22.4.